The fourth-order valence-corrected chi connectivity index (χ4v) is 6.68. The average Bonchev–Trinajstić information content (AvgIpc) is 3.75. The van der Waals surface area contributed by atoms with Crippen molar-refractivity contribution < 1.29 is 35.6 Å². The first-order chi connectivity index (χ1) is 23.1. The third-order valence-corrected chi connectivity index (χ3v) is 9.45. The summed E-state index contributed by atoms with van der Waals surface area (Å²) in [5.41, 5.74) is 14.9. The number of carbonyl (C=O) groups is 2. The second-order valence-corrected chi connectivity index (χ2v) is 12.0. The first-order valence-corrected chi connectivity index (χ1v) is 16.3. The standard InChI is InChI=1S/C39H41N5O4.Ni/c1-9-25-24(6)38-29(12-11-17-40)39-26(10-2)21(3)32(43-39)18-30-22(4)27(13-15-36(45)47-7)34(41-30)20-35-28(14-16-37(46)48-8)23(5)31(42-35)19-33(25)44-38;/h11-12,18-20H,9-10,13-16H2,1-8H3;/q-2;+2/b29-12-;. The summed E-state index contributed by atoms with van der Waals surface area (Å²) in [6.45, 7) is 12.4. The van der Waals surface area contributed by atoms with Crippen LogP contribution in [0.2, 0.25) is 0 Å². The predicted molar refractivity (Wildman–Crippen MR) is 192 cm³/mol. The topological polar surface area (TPSA) is 126 Å². The van der Waals surface area contributed by atoms with Crippen molar-refractivity contribution in [3.05, 3.63) is 103 Å². The first-order valence-electron chi connectivity index (χ1n) is 16.3. The fourth-order valence-electron chi connectivity index (χ4n) is 6.68. The Bertz CT molecular complexity index is 1980. The number of nitrogens with zero attached hydrogens (tertiary/aromatic N) is 5. The fraction of sp³-hybridized carbons (Fsp3) is 0.359. The van der Waals surface area contributed by atoms with E-state index in [9.17, 15) is 15.0 Å². The Balaban J connectivity index is 0.00000541. The number of aromatic nitrogens is 1. The Hall–Kier alpha value is -4.65. The Morgan fingerprint density at radius 2 is 1.41 bits per heavy atom. The van der Waals surface area contributed by atoms with Gasteiger partial charge >= 0.3 is 28.4 Å². The average molecular weight is 702 g/mol. The van der Waals surface area contributed by atoms with E-state index >= 15 is 0 Å². The molecule has 0 spiro atoms. The normalized spacial score (nSPS) is 17.6. The number of rotatable bonds is 9. The zero-order valence-electron chi connectivity index (χ0n) is 29.3. The van der Waals surface area contributed by atoms with Crippen LogP contribution in [0.15, 0.2) is 89.8 Å². The molecule has 0 radical (unpaired) electrons. The smallest absolute Gasteiger partial charge is 0.763 e. The molecule has 0 aliphatic carbocycles. The molecule has 49 heavy (non-hydrogen) atoms. The maximum Gasteiger partial charge on any atom is 2.00 e. The molecule has 1 aromatic heterocycles. The second kappa shape index (κ2) is 15.7. The van der Waals surface area contributed by atoms with Gasteiger partial charge in [-0.25, -0.2) is 15.0 Å². The molecule has 4 aliphatic rings. The summed E-state index contributed by atoms with van der Waals surface area (Å²) in [6.07, 6.45) is 12.1. The minimum atomic E-state index is -0.300. The monoisotopic (exact) mass is 701 g/mol. The van der Waals surface area contributed by atoms with Crippen molar-refractivity contribution in [2.45, 2.75) is 80.1 Å². The van der Waals surface area contributed by atoms with Crippen LogP contribution in [-0.2, 0) is 42.0 Å². The molecule has 5 rings (SSSR count). The number of methoxy groups -OCH3 is 2. The van der Waals surface area contributed by atoms with Crippen LogP contribution >= 0.6 is 0 Å². The number of aliphatic imine (C=N–C) groups is 3. The van der Waals surface area contributed by atoms with Crippen molar-refractivity contribution in [3.63, 3.8) is 0 Å². The summed E-state index contributed by atoms with van der Waals surface area (Å²) >= 11 is 0. The van der Waals surface area contributed by atoms with E-state index in [1.807, 2.05) is 38.2 Å². The molecule has 0 unspecified atom stereocenters. The van der Waals surface area contributed by atoms with Gasteiger partial charge in [0.15, 0.2) is 0 Å². The number of hydrogen-bond acceptors (Lipinski definition) is 7. The maximum absolute atomic E-state index is 12.2. The molecule has 10 heteroatoms. The molecule has 0 saturated heterocycles. The molecule has 8 bridgehead atoms. The number of allylic oxidation sites excluding steroid dienone is 11. The van der Waals surface area contributed by atoms with Crippen LogP contribution in [-0.4, -0.2) is 49.2 Å². The maximum atomic E-state index is 12.2. The predicted octanol–water partition coefficient (Wildman–Crippen LogP) is 7.44. The summed E-state index contributed by atoms with van der Waals surface area (Å²) in [7, 11) is 2.78. The van der Waals surface area contributed by atoms with Crippen molar-refractivity contribution in [3.8, 4) is 0 Å². The van der Waals surface area contributed by atoms with Crippen LogP contribution in [0, 0.1) is 6.92 Å². The van der Waals surface area contributed by atoms with Crippen LogP contribution < -0.4 is 4.98 Å². The Kier molecular flexibility index (Phi) is 11.9. The van der Waals surface area contributed by atoms with Crippen molar-refractivity contribution in [2.24, 2.45) is 15.0 Å². The van der Waals surface area contributed by atoms with Gasteiger partial charge in [-0.15, -0.1) is 11.4 Å². The summed E-state index contributed by atoms with van der Waals surface area (Å²) in [5, 5.41) is 9.56. The Morgan fingerprint density at radius 3 is 2.02 bits per heavy atom. The molecule has 0 N–H and O–H groups in total. The van der Waals surface area contributed by atoms with E-state index in [1.54, 1.807) is 0 Å². The van der Waals surface area contributed by atoms with Crippen molar-refractivity contribution in [1.29, 1.82) is 0 Å². The SMILES string of the molecule is CCC1=C(C)C2=NC1=CC1=NC(=CC3=NC(=Cc4[n-]c(c(CC)c4C)/C2=C\C=C=[N-])C(C)=C3CCC(=O)OC)C(CCC(=O)OC)=C1C.[Ni+2]. The zero-order chi connectivity index (χ0) is 34.7. The van der Waals surface area contributed by atoms with Gasteiger partial charge in [-0.2, -0.15) is 0 Å². The van der Waals surface area contributed by atoms with Crippen molar-refractivity contribution in [2.75, 3.05) is 14.2 Å². The summed E-state index contributed by atoms with van der Waals surface area (Å²) in [5.74, 6) is 1.55. The molecular weight excluding hydrogens is 661 g/mol. The van der Waals surface area contributed by atoms with Crippen molar-refractivity contribution >= 4 is 46.6 Å². The molecule has 5 heterocycles. The van der Waals surface area contributed by atoms with Gasteiger partial charge in [-0.1, -0.05) is 31.1 Å². The number of fused-ring (bicyclic) bond motifs is 5. The summed E-state index contributed by atoms with van der Waals surface area (Å²) in [6, 6.07) is 0. The number of ether oxygens (including phenoxy) is 2. The van der Waals surface area contributed by atoms with Gasteiger partial charge < -0.3 is 19.9 Å². The van der Waals surface area contributed by atoms with Gasteiger partial charge in [0.25, 0.3) is 0 Å². The van der Waals surface area contributed by atoms with Gasteiger partial charge in [0.1, 0.15) is 0 Å². The van der Waals surface area contributed by atoms with Gasteiger partial charge in [-0.3, -0.25) is 15.5 Å². The van der Waals surface area contributed by atoms with Crippen LogP contribution in [0.1, 0.15) is 89.2 Å². The van der Waals surface area contributed by atoms with E-state index < -0.39 is 0 Å². The minimum Gasteiger partial charge on any atom is -0.763 e. The van der Waals surface area contributed by atoms with E-state index in [4.69, 9.17) is 29.4 Å². The number of esters is 2. The van der Waals surface area contributed by atoms with Crippen LogP contribution in [0.5, 0.6) is 0 Å². The van der Waals surface area contributed by atoms with Crippen LogP contribution in [0.25, 0.3) is 17.1 Å². The molecule has 0 amide bonds. The summed E-state index contributed by atoms with van der Waals surface area (Å²) < 4.78 is 9.92. The molecule has 1 aromatic rings. The molecule has 0 saturated carbocycles. The van der Waals surface area contributed by atoms with Crippen molar-refractivity contribution in [1.82, 2.24) is 4.98 Å². The third-order valence-electron chi connectivity index (χ3n) is 9.45. The third kappa shape index (κ3) is 7.22. The van der Waals surface area contributed by atoms with E-state index in [1.165, 1.54) is 20.3 Å². The molecule has 0 aromatic carbocycles. The molecule has 4 aliphatic heterocycles. The molecule has 9 nitrogen and oxygen atoms in total. The molecular formula is C39H41N5NiO4. The van der Waals surface area contributed by atoms with Gasteiger partial charge in [0.2, 0.25) is 0 Å². The van der Waals surface area contributed by atoms with Crippen LogP contribution in [0.4, 0.5) is 0 Å². The largest absolute Gasteiger partial charge is 2.00 e. The molecule has 256 valence electrons. The Labute approximate surface area is 298 Å². The van der Waals surface area contributed by atoms with E-state index in [2.05, 4.69) is 33.6 Å². The van der Waals surface area contributed by atoms with Crippen LogP contribution in [0.3, 0.4) is 0 Å². The molecule has 0 fully saturated rings. The van der Waals surface area contributed by atoms with Gasteiger partial charge in [0, 0.05) is 12.8 Å². The zero-order valence-corrected chi connectivity index (χ0v) is 30.3. The second-order valence-electron chi connectivity index (χ2n) is 12.0. The number of carbonyl (C=O) groups excluding carboxylic acids is 2. The minimum absolute atomic E-state index is 0. The number of hydrogen-bond donors (Lipinski definition) is 0. The van der Waals surface area contributed by atoms with E-state index in [0.717, 1.165) is 97.2 Å². The van der Waals surface area contributed by atoms with Gasteiger partial charge in [-0.05, 0) is 117 Å². The van der Waals surface area contributed by atoms with Gasteiger partial charge in [0.05, 0.1) is 48.4 Å². The summed E-state index contributed by atoms with van der Waals surface area (Å²) in [4.78, 5) is 45.0. The first kappa shape index (κ1) is 37.2. The quantitative estimate of drug-likeness (QED) is 0.150. The van der Waals surface area contributed by atoms with E-state index in [-0.39, 0.29) is 41.3 Å². The van der Waals surface area contributed by atoms with E-state index in [0.29, 0.717) is 24.3 Å². The Morgan fingerprint density at radius 1 is 0.796 bits per heavy atom. The molecule has 0 atom stereocenters.